The first-order valence-corrected chi connectivity index (χ1v) is 17.8. The van der Waals surface area contributed by atoms with Crippen LogP contribution in [0.25, 0.3) is 44.5 Å². The van der Waals surface area contributed by atoms with Gasteiger partial charge in [-0.25, -0.2) is 0 Å². The Labute approximate surface area is 299 Å². The molecule has 2 aliphatic rings. The first kappa shape index (κ1) is 29.5. The molecule has 0 fully saturated rings. The Bertz CT molecular complexity index is 2540. The highest BCUT2D eigenvalue weighted by atomic mass is 15.1. The first-order valence-electron chi connectivity index (χ1n) is 17.8. The zero-order valence-electron chi connectivity index (χ0n) is 28.4. The number of rotatable bonds is 5. The third-order valence-electron chi connectivity index (χ3n) is 10.9. The van der Waals surface area contributed by atoms with Crippen LogP contribution in [0.5, 0.6) is 0 Å². The molecular weight excluding hydrogens is 615 g/mol. The van der Waals surface area contributed by atoms with Gasteiger partial charge in [0.05, 0.1) is 5.41 Å². The van der Waals surface area contributed by atoms with Gasteiger partial charge in [0, 0.05) is 17.1 Å². The minimum absolute atomic E-state index is 0.456. The predicted molar refractivity (Wildman–Crippen MR) is 213 cm³/mol. The van der Waals surface area contributed by atoms with Gasteiger partial charge in [-0.2, -0.15) is 0 Å². The molecule has 0 unspecified atom stereocenters. The molecule has 10 rings (SSSR count). The highest BCUT2D eigenvalue weighted by Gasteiger charge is 2.51. The Morgan fingerprint density at radius 2 is 0.784 bits per heavy atom. The molecule has 0 heterocycles. The fraction of sp³-hybridized carbons (Fsp3) is 0.0400. The van der Waals surface area contributed by atoms with E-state index in [-0.39, 0.29) is 0 Å². The number of benzene rings is 8. The molecule has 51 heavy (non-hydrogen) atoms. The summed E-state index contributed by atoms with van der Waals surface area (Å²) < 4.78 is 0. The maximum absolute atomic E-state index is 2.47. The lowest BCUT2D eigenvalue weighted by Gasteiger charge is -2.32. The second kappa shape index (κ2) is 11.6. The van der Waals surface area contributed by atoms with Crippen LogP contribution in [0, 0.1) is 6.92 Å². The summed E-state index contributed by atoms with van der Waals surface area (Å²) in [5, 5.41) is 0. The van der Waals surface area contributed by atoms with Crippen molar-refractivity contribution in [2.45, 2.75) is 12.3 Å². The van der Waals surface area contributed by atoms with Gasteiger partial charge in [-0.05, 0) is 122 Å². The molecule has 0 radical (unpaired) electrons. The summed E-state index contributed by atoms with van der Waals surface area (Å²) in [6.45, 7) is 2.17. The van der Waals surface area contributed by atoms with E-state index in [0.29, 0.717) is 0 Å². The summed E-state index contributed by atoms with van der Waals surface area (Å²) in [5.41, 5.74) is 19.7. The molecule has 1 spiro atoms. The largest absolute Gasteiger partial charge is 0.310 e. The van der Waals surface area contributed by atoms with Crippen LogP contribution < -0.4 is 4.90 Å². The van der Waals surface area contributed by atoms with Crippen molar-refractivity contribution < 1.29 is 0 Å². The molecule has 0 saturated carbocycles. The normalized spacial score (nSPS) is 13.0. The first-order chi connectivity index (χ1) is 25.2. The van der Waals surface area contributed by atoms with Crippen LogP contribution in [0.1, 0.15) is 27.8 Å². The number of hydrogen-bond acceptors (Lipinski definition) is 1. The van der Waals surface area contributed by atoms with Gasteiger partial charge >= 0.3 is 0 Å². The van der Waals surface area contributed by atoms with E-state index in [9.17, 15) is 0 Å². The van der Waals surface area contributed by atoms with Crippen molar-refractivity contribution >= 4 is 17.1 Å². The number of fused-ring (bicyclic) bond motifs is 10. The van der Waals surface area contributed by atoms with Gasteiger partial charge in [-0.15, -0.1) is 0 Å². The number of anilines is 3. The number of nitrogens with zero attached hydrogens (tertiary/aromatic N) is 1. The third kappa shape index (κ3) is 4.48. The van der Waals surface area contributed by atoms with Crippen molar-refractivity contribution in [3.05, 3.63) is 222 Å². The topological polar surface area (TPSA) is 3.24 Å². The highest BCUT2D eigenvalue weighted by Crippen LogP contribution is 2.63. The smallest absolute Gasteiger partial charge is 0.0726 e. The molecule has 240 valence electrons. The summed E-state index contributed by atoms with van der Waals surface area (Å²) in [6.07, 6.45) is 0. The number of hydrogen-bond donors (Lipinski definition) is 0. The van der Waals surface area contributed by atoms with E-state index < -0.39 is 5.41 Å². The second-order valence-corrected chi connectivity index (χ2v) is 13.8. The van der Waals surface area contributed by atoms with Gasteiger partial charge < -0.3 is 4.90 Å². The lowest BCUT2D eigenvalue weighted by atomic mass is 9.70. The molecule has 8 aromatic carbocycles. The summed E-state index contributed by atoms with van der Waals surface area (Å²) >= 11 is 0. The number of aryl methyl sites for hydroxylation is 1. The number of para-hydroxylation sites is 1. The molecular formula is C50H35N. The lowest BCUT2D eigenvalue weighted by Crippen LogP contribution is -2.26. The van der Waals surface area contributed by atoms with Crippen LogP contribution in [0.3, 0.4) is 0 Å². The van der Waals surface area contributed by atoms with Crippen LogP contribution in [-0.4, -0.2) is 0 Å². The van der Waals surface area contributed by atoms with Crippen molar-refractivity contribution in [2.24, 2.45) is 0 Å². The molecule has 1 nitrogen and oxygen atoms in total. The summed E-state index contributed by atoms with van der Waals surface area (Å²) in [7, 11) is 0. The summed E-state index contributed by atoms with van der Waals surface area (Å²) in [4.78, 5) is 2.40. The van der Waals surface area contributed by atoms with Gasteiger partial charge in [-0.3, -0.25) is 0 Å². The Morgan fingerprint density at radius 3 is 1.45 bits per heavy atom. The van der Waals surface area contributed by atoms with Crippen LogP contribution in [0.4, 0.5) is 17.1 Å². The Kier molecular flexibility index (Phi) is 6.69. The molecule has 2 aliphatic carbocycles. The maximum Gasteiger partial charge on any atom is 0.0726 e. The lowest BCUT2D eigenvalue weighted by molar-refractivity contribution is 0.794. The van der Waals surface area contributed by atoms with Crippen molar-refractivity contribution in [2.75, 3.05) is 4.90 Å². The van der Waals surface area contributed by atoms with Gasteiger partial charge in [0.1, 0.15) is 0 Å². The van der Waals surface area contributed by atoms with E-state index in [1.807, 2.05) is 0 Å². The van der Waals surface area contributed by atoms with E-state index in [0.717, 1.165) is 17.1 Å². The van der Waals surface area contributed by atoms with Gasteiger partial charge in [0.15, 0.2) is 0 Å². The van der Waals surface area contributed by atoms with Crippen molar-refractivity contribution in [3.8, 4) is 44.5 Å². The van der Waals surface area contributed by atoms with Crippen molar-refractivity contribution in [1.29, 1.82) is 0 Å². The standard InChI is InChI=1S/C50H35N/c1-34-13-12-18-40(31-34)51(39-16-6-3-7-17-39)41-28-30-45-44-29-27-38(37-25-23-36(24-26-37)35-14-4-2-5-15-35)32-48(44)50(49(45)33-41)46-21-10-8-19-42(46)43-20-9-11-22-47(43)50/h2-33H,1H3. The second-order valence-electron chi connectivity index (χ2n) is 13.8. The third-order valence-corrected chi connectivity index (χ3v) is 10.9. The minimum Gasteiger partial charge on any atom is -0.310 e. The molecule has 0 aromatic heterocycles. The van der Waals surface area contributed by atoms with Crippen LogP contribution in [0.2, 0.25) is 0 Å². The quantitative estimate of drug-likeness (QED) is 0.179. The molecule has 8 aromatic rings. The maximum atomic E-state index is 2.47. The van der Waals surface area contributed by atoms with Crippen LogP contribution >= 0.6 is 0 Å². The Morgan fingerprint density at radius 1 is 0.314 bits per heavy atom. The Balaban J connectivity index is 1.21. The zero-order chi connectivity index (χ0) is 33.9. The van der Waals surface area contributed by atoms with E-state index >= 15 is 0 Å². The zero-order valence-corrected chi connectivity index (χ0v) is 28.4. The van der Waals surface area contributed by atoms with Gasteiger partial charge in [0.25, 0.3) is 0 Å². The van der Waals surface area contributed by atoms with E-state index in [1.54, 1.807) is 0 Å². The van der Waals surface area contributed by atoms with Gasteiger partial charge in [-0.1, -0.05) is 152 Å². The SMILES string of the molecule is Cc1cccc(N(c2ccccc2)c2ccc3c(c2)C2(c4ccccc4-c4ccccc42)c2cc(-c4ccc(-c5ccccc5)cc4)ccc2-3)c1. The van der Waals surface area contributed by atoms with E-state index in [4.69, 9.17) is 0 Å². The average molecular weight is 650 g/mol. The fourth-order valence-corrected chi connectivity index (χ4v) is 8.72. The monoisotopic (exact) mass is 649 g/mol. The van der Waals surface area contributed by atoms with Gasteiger partial charge in [0.2, 0.25) is 0 Å². The minimum atomic E-state index is -0.456. The average Bonchev–Trinajstić information content (AvgIpc) is 3.66. The summed E-state index contributed by atoms with van der Waals surface area (Å²) in [5.74, 6) is 0. The van der Waals surface area contributed by atoms with E-state index in [2.05, 4.69) is 206 Å². The van der Waals surface area contributed by atoms with E-state index in [1.165, 1.54) is 72.3 Å². The molecule has 0 aliphatic heterocycles. The van der Waals surface area contributed by atoms with Crippen molar-refractivity contribution in [3.63, 3.8) is 0 Å². The van der Waals surface area contributed by atoms with Crippen LogP contribution in [-0.2, 0) is 5.41 Å². The highest BCUT2D eigenvalue weighted by molar-refractivity contribution is 5.97. The fourth-order valence-electron chi connectivity index (χ4n) is 8.72. The molecule has 0 atom stereocenters. The molecule has 0 saturated heterocycles. The predicted octanol–water partition coefficient (Wildman–Crippen LogP) is 13.1. The molecule has 0 amide bonds. The Hall–Kier alpha value is -6.44. The molecule has 1 heteroatoms. The molecule has 0 N–H and O–H groups in total. The van der Waals surface area contributed by atoms with Crippen molar-refractivity contribution in [1.82, 2.24) is 0 Å². The molecule has 0 bridgehead atoms. The van der Waals surface area contributed by atoms with Crippen LogP contribution in [0.15, 0.2) is 194 Å². The summed E-state index contributed by atoms with van der Waals surface area (Å²) in [6, 6.07) is 71.6.